The van der Waals surface area contributed by atoms with Crippen molar-refractivity contribution in [3.8, 4) is 0 Å². The van der Waals surface area contributed by atoms with E-state index in [0.29, 0.717) is 5.69 Å². The topological polar surface area (TPSA) is 45.5 Å². The Kier molecular flexibility index (Phi) is 5.05. The normalized spacial score (nSPS) is 10.9. The van der Waals surface area contributed by atoms with Crippen LogP contribution in [0.3, 0.4) is 0 Å². The molecule has 16 heavy (non-hydrogen) atoms. The van der Waals surface area contributed by atoms with Crippen LogP contribution < -0.4 is 0 Å². The minimum Gasteiger partial charge on any atom is -0.477 e. The first kappa shape index (κ1) is 12.8. The van der Waals surface area contributed by atoms with Crippen LogP contribution in [0.25, 0.3) is 0 Å². The number of hydrogen-bond donors (Lipinski definition) is 1. The molecule has 0 amide bonds. The van der Waals surface area contributed by atoms with Gasteiger partial charge in [-0.25, -0.2) is 4.79 Å². The first-order valence-corrected chi connectivity index (χ1v) is 5.79. The Labute approximate surface area is 96.5 Å². The molecule has 0 atom stereocenters. The van der Waals surface area contributed by atoms with Crippen LogP contribution in [0.4, 0.5) is 0 Å². The van der Waals surface area contributed by atoms with Gasteiger partial charge in [-0.15, -0.1) is 0 Å². The largest absolute Gasteiger partial charge is 0.477 e. The van der Waals surface area contributed by atoms with E-state index in [0.717, 1.165) is 32.6 Å². The summed E-state index contributed by atoms with van der Waals surface area (Å²) in [5, 5.41) is 8.92. The second kappa shape index (κ2) is 6.33. The second-order valence-corrected chi connectivity index (χ2v) is 3.77. The zero-order valence-electron chi connectivity index (χ0n) is 10.0. The average molecular weight is 224 g/mol. The predicted octanol–water partition coefficient (Wildman–Crippen LogP) is 1.92. The molecular weight excluding hydrogens is 204 g/mol. The van der Waals surface area contributed by atoms with Crippen LogP contribution in [0.2, 0.25) is 0 Å². The van der Waals surface area contributed by atoms with E-state index in [-0.39, 0.29) is 0 Å². The van der Waals surface area contributed by atoms with Crippen molar-refractivity contribution in [3.05, 3.63) is 24.0 Å². The fourth-order valence-electron chi connectivity index (χ4n) is 1.81. The third-order valence-corrected chi connectivity index (χ3v) is 2.82. The van der Waals surface area contributed by atoms with E-state index in [9.17, 15) is 4.79 Å². The van der Waals surface area contributed by atoms with Crippen LogP contribution >= 0.6 is 0 Å². The van der Waals surface area contributed by atoms with Gasteiger partial charge in [0.15, 0.2) is 0 Å². The number of rotatable bonds is 7. The number of hydrogen-bond acceptors (Lipinski definition) is 2. The van der Waals surface area contributed by atoms with Crippen LogP contribution in [0.1, 0.15) is 30.8 Å². The predicted molar refractivity (Wildman–Crippen MR) is 63.8 cm³/mol. The van der Waals surface area contributed by atoms with Crippen molar-refractivity contribution in [1.82, 2.24) is 9.47 Å². The molecule has 0 saturated carbocycles. The average Bonchev–Trinajstić information content (AvgIpc) is 2.72. The third kappa shape index (κ3) is 3.38. The van der Waals surface area contributed by atoms with Gasteiger partial charge in [-0.3, -0.25) is 0 Å². The lowest BCUT2D eigenvalue weighted by atomic mass is 10.3. The lowest BCUT2D eigenvalue weighted by Gasteiger charge is -2.18. The lowest BCUT2D eigenvalue weighted by molar-refractivity contribution is 0.0684. The Morgan fingerprint density at radius 3 is 2.69 bits per heavy atom. The van der Waals surface area contributed by atoms with Crippen molar-refractivity contribution < 1.29 is 9.90 Å². The Hall–Kier alpha value is -1.29. The number of aryl methyl sites for hydroxylation is 1. The monoisotopic (exact) mass is 224 g/mol. The quantitative estimate of drug-likeness (QED) is 0.769. The van der Waals surface area contributed by atoms with Gasteiger partial charge in [-0.2, -0.15) is 0 Å². The summed E-state index contributed by atoms with van der Waals surface area (Å²) in [6, 6.07) is 3.42. The van der Waals surface area contributed by atoms with Gasteiger partial charge < -0.3 is 14.6 Å². The number of aromatic nitrogens is 1. The summed E-state index contributed by atoms with van der Waals surface area (Å²) in [5.41, 5.74) is 0.375. The van der Waals surface area contributed by atoms with Crippen LogP contribution in [-0.4, -0.2) is 40.2 Å². The van der Waals surface area contributed by atoms with Gasteiger partial charge in [0.2, 0.25) is 0 Å². The zero-order chi connectivity index (χ0) is 12.0. The van der Waals surface area contributed by atoms with E-state index in [2.05, 4.69) is 18.7 Å². The summed E-state index contributed by atoms with van der Waals surface area (Å²) in [4.78, 5) is 13.2. The highest BCUT2D eigenvalue weighted by atomic mass is 16.4. The number of carboxylic acids is 1. The molecule has 0 aliphatic carbocycles. The van der Waals surface area contributed by atoms with Crippen molar-refractivity contribution >= 4 is 5.97 Å². The van der Waals surface area contributed by atoms with Crippen LogP contribution in [0.5, 0.6) is 0 Å². The molecule has 0 spiro atoms. The summed E-state index contributed by atoms with van der Waals surface area (Å²) in [6.07, 6.45) is 2.81. The van der Waals surface area contributed by atoms with Gasteiger partial charge in [0.25, 0.3) is 0 Å². The molecule has 0 aromatic carbocycles. The summed E-state index contributed by atoms with van der Waals surface area (Å²) < 4.78 is 1.80. The Morgan fingerprint density at radius 1 is 1.44 bits per heavy atom. The van der Waals surface area contributed by atoms with Crippen molar-refractivity contribution in [2.45, 2.75) is 26.8 Å². The Balaban J connectivity index is 2.42. The molecule has 4 nitrogen and oxygen atoms in total. The minimum absolute atomic E-state index is 0.375. The highest BCUT2D eigenvalue weighted by molar-refractivity contribution is 5.85. The fraction of sp³-hybridized carbons (Fsp3) is 0.583. The second-order valence-electron chi connectivity index (χ2n) is 3.77. The molecule has 1 N–H and O–H groups in total. The lowest BCUT2D eigenvalue weighted by Crippen LogP contribution is -2.25. The molecule has 1 heterocycles. The van der Waals surface area contributed by atoms with E-state index in [1.807, 2.05) is 6.20 Å². The van der Waals surface area contributed by atoms with Gasteiger partial charge in [0.05, 0.1) is 0 Å². The standard InChI is InChI=1S/C12H20N2O2/c1-3-13(4-2)8-6-10-14-9-5-7-11(14)12(15)16/h5,7,9H,3-4,6,8,10H2,1-2H3,(H,15,16). The molecule has 1 rings (SSSR count). The van der Waals surface area contributed by atoms with E-state index < -0.39 is 5.97 Å². The maximum Gasteiger partial charge on any atom is 0.352 e. The molecule has 1 aromatic heterocycles. The Morgan fingerprint density at radius 2 is 2.12 bits per heavy atom. The summed E-state index contributed by atoms with van der Waals surface area (Å²) in [5.74, 6) is -0.854. The summed E-state index contributed by atoms with van der Waals surface area (Å²) in [6.45, 7) is 8.17. The van der Waals surface area contributed by atoms with E-state index in [4.69, 9.17) is 5.11 Å². The third-order valence-electron chi connectivity index (χ3n) is 2.82. The fourth-order valence-corrected chi connectivity index (χ4v) is 1.81. The molecule has 0 bridgehead atoms. The molecule has 1 aromatic rings. The number of carbonyl (C=O) groups is 1. The first-order chi connectivity index (χ1) is 7.69. The van der Waals surface area contributed by atoms with Crippen molar-refractivity contribution in [2.75, 3.05) is 19.6 Å². The van der Waals surface area contributed by atoms with Crippen molar-refractivity contribution in [3.63, 3.8) is 0 Å². The SMILES string of the molecule is CCN(CC)CCCn1cccc1C(=O)O. The maximum atomic E-state index is 10.9. The van der Waals surface area contributed by atoms with E-state index in [1.165, 1.54) is 0 Å². The molecule has 90 valence electrons. The van der Waals surface area contributed by atoms with Crippen LogP contribution in [-0.2, 0) is 6.54 Å². The summed E-state index contributed by atoms with van der Waals surface area (Å²) >= 11 is 0. The molecule has 0 aliphatic rings. The number of nitrogens with zero attached hydrogens (tertiary/aromatic N) is 2. The van der Waals surface area contributed by atoms with Gasteiger partial charge >= 0.3 is 5.97 Å². The number of carboxylic acid groups (broad SMARTS) is 1. The molecule has 0 fully saturated rings. The highest BCUT2D eigenvalue weighted by Crippen LogP contribution is 2.04. The zero-order valence-corrected chi connectivity index (χ0v) is 10.0. The van der Waals surface area contributed by atoms with E-state index in [1.54, 1.807) is 16.7 Å². The molecule has 0 saturated heterocycles. The van der Waals surface area contributed by atoms with Gasteiger partial charge in [-0.05, 0) is 38.2 Å². The molecule has 4 heteroatoms. The smallest absolute Gasteiger partial charge is 0.352 e. The van der Waals surface area contributed by atoms with Crippen LogP contribution in [0, 0.1) is 0 Å². The maximum absolute atomic E-state index is 10.9. The molecule has 0 aliphatic heterocycles. The molecule has 0 unspecified atom stereocenters. The highest BCUT2D eigenvalue weighted by Gasteiger charge is 2.08. The minimum atomic E-state index is -0.854. The van der Waals surface area contributed by atoms with E-state index >= 15 is 0 Å². The summed E-state index contributed by atoms with van der Waals surface area (Å²) in [7, 11) is 0. The van der Waals surface area contributed by atoms with Crippen molar-refractivity contribution in [2.24, 2.45) is 0 Å². The van der Waals surface area contributed by atoms with Gasteiger partial charge in [-0.1, -0.05) is 13.8 Å². The van der Waals surface area contributed by atoms with Crippen molar-refractivity contribution in [1.29, 1.82) is 0 Å². The van der Waals surface area contributed by atoms with Gasteiger partial charge in [0.1, 0.15) is 5.69 Å². The molecular formula is C12H20N2O2. The van der Waals surface area contributed by atoms with Crippen LogP contribution in [0.15, 0.2) is 18.3 Å². The number of aromatic carboxylic acids is 1. The van der Waals surface area contributed by atoms with Gasteiger partial charge in [0, 0.05) is 12.7 Å². The first-order valence-electron chi connectivity index (χ1n) is 5.79. The Bertz CT molecular complexity index is 330. The molecule has 0 radical (unpaired) electrons.